The van der Waals surface area contributed by atoms with E-state index in [1.54, 1.807) is 0 Å². The van der Waals surface area contributed by atoms with Gasteiger partial charge in [0.2, 0.25) is 5.35 Å². The zero-order valence-corrected chi connectivity index (χ0v) is 8.09. The van der Waals surface area contributed by atoms with Crippen LogP contribution in [0.4, 0.5) is 5.69 Å². The Bertz CT molecular complexity index is 430. The van der Waals surface area contributed by atoms with Gasteiger partial charge in [-0.25, -0.2) is 4.98 Å². The van der Waals surface area contributed by atoms with Gasteiger partial charge < -0.3 is 5.73 Å². The second-order valence-electron chi connectivity index (χ2n) is 3.04. The molecule has 13 heavy (non-hydrogen) atoms. The molecule has 1 aromatic heterocycles. The zero-order chi connectivity index (χ0) is 9.84. The Kier molecular flexibility index (Phi) is 2.85. The monoisotopic (exact) mass is 175 g/mol. The number of pyridine rings is 1. The molecule has 2 nitrogen and oxygen atoms in total. The van der Waals surface area contributed by atoms with E-state index in [1.807, 2.05) is 38.3 Å². The first-order valence-electron chi connectivity index (χ1n) is 4.25. The number of nitrogens with one attached hydrogen (secondary N) is 1. The van der Waals surface area contributed by atoms with E-state index in [-0.39, 0.29) is 0 Å². The van der Waals surface area contributed by atoms with Gasteiger partial charge in [-0.05, 0) is 13.8 Å². The molecule has 0 amide bonds. The lowest BCUT2D eigenvalue weighted by Crippen LogP contribution is -2.42. The number of nitrogens with two attached hydrogens (primary N) is 1. The lowest BCUT2D eigenvalue weighted by Gasteiger charge is -1.90. The molecule has 0 aliphatic carbocycles. The third-order valence-corrected chi connectivity index (χ3v) is 1.78. The summed E-state index contributed by atoms with van der Waals surface area (Å²) in [6.07, 6.45) is 5.80. The Morgan fingerprint density at radius 3 is 2.85 bits per heavy atom. The van der Waals surface area contributed by atoms with Gasteiger partial charge in [0.25, 0.3) is 0 Å². The van der Waals surface area contributed by atoms with Crippen molar-refractivity contribution in [2.24, 2.45) is 0 Å². The first-order valence-corrected chi connectivity index (χ1v) is 4.25. The fourth-order valence-corrected chi connectivity index (χ4v) is 1.23. The molecule has 0 fully saturated rings. The van der Waals surface area contributed by atoms with Crippen LogP contribution < -0.4 is 21.3 Å². The van der Waals surface area contributed by atoms with Crippen LogP contribution in [0.5, 0.6) is 0 Å². The molecule has 0 bridgehead atoms. The fourth-order valence-electron chi connectivity index (χ4n) is 1.23. The topological polar surface area (TPSA) is 40.2 Å². The van der Waals surface area contributed by atoms with E-state index in [9.17, 15) is 0 Å². The average Bonchev–Trinajstić information content (AvgIpc) is 2.03. The molecule has 0 aliphatic rings. The molecule has 1 aromatic rings. The summed E-state index contributed by atoms with van der Waals surface area (Å²) in [6, 6.07) is 1.85. The highest BCUT2D eigenvalue weighted by molar-refractivity contribution is 5.47. The second kappa shape index (κ2) is 3.90. The lowest BCUT2D eigenvalue weighted by molar-refractivity contribution is -0.396. The standard InChI is InChI=1S/C11H14N2/c1-4-9-10(12)5-6-13-11(9)7-8(2)3/h4-7H,2,12H2,1,3H3/p+1. The van der Waals surface area contributed by atoms with Crippen molar-refractivity contribution >= 4 is 17.8 Å². The van der Waals surface area contributed by atoms with E-state index in [1.165, 1.54) is 0 Å². The number of hydrogen-bond acceptors (Lipinski definition) is 1. The van der Waals surface area contributed by atoms with Gasteiger partial charge in [0.05, 0.1) is 10.9 Å². The summed E-state index contributed by atoms with van der Waals surface area (Å²) >= 11 is 0. The molecule has 0 radical (unpaired) electrons. The molecule has 0 unspecified atom stereocenters. The van der Waals surface area contributed by atoms with Crippen molar-refractivity contribution in [1.82, 2.24) is 0 Å². The zero-order valence-electron chi connectivity index (χ0n) is 8.09. The average molecular weight is 175 g/mol. The van der Waals surface area contributed by atoms with E-state index in [2.05, 4.69) is 11.6 Å². The Balaban J connectivity index is 3.57. The van der Waals surface area contributed by atoms with Crippen molar-refractivity contribution in [2.75, 3.05) is 5.73 Å². The minimum Gasteiger partial charge on any atom is -0.398 e. The van der Waals surface area contributed by atoms with Gasteiger partial charge in [-0.1, -0.05) is 18.2 Å². The molecule has 2 heteroatoms. The van der Waals surface area contributed by atoms with Crippen LogP contribution in [0.1, 0.15) is 13.8 Å². The third-order valence-electron chi connectivity index (χ3n) is 1.78. The molecule has 0 aromatic carbocycles. The van der Waals surface area contributed by atoms with Crippen molar-refractivity contribution in [3.8, 4) is 0 Å². The van der Waals surface area contributed by atoms with Crippen LogP contribution >= 0.6 is 0 Å². The highest BCUT2D eigenvalue weighted by atomic mass is 14.7. The maximum Gasteiger partial charge on any atom is 0.212 e. The van der Waals surface area contributed by atoms with Gasteiger partial charge in [-0.3, -0.25) is 0 Å². The largest absolute Gasteiger partial charge is 0.398 e. The summed E-state index contributed by atoms with van der Waals surface area (Å²) < 4.78 is 0. The van der Waals surface area contributed by atoms with Crippen LogP contribution in [0.3, 0.4) is 0 Å². The summed E-state index contributed by atoms with van der Waals surface area (Å²) in [5.74, 6) is 0. The summed E-state index contributed by atoms with van der Waals surface area (Å²) in [6.45, 7) is 7.75. The number of anilines is 1. The van der Waals surface area contributed by atoms with Crippen molar-refractivity contribution in [3.63, 3.8) is 0 Å². The maximum absolute atomic E-state index is 5.81. The number of aromatic nitrogens is 1. The maximum atomic E-state index is 5.81. The predicted octanol–water partition coefficient (Wildman–Crippen LogP) is 0.240. The molecule has 1 rings (SSSR count). The minimum atomic E-state index is 0.786. The number of aromatic amines is 1. The van der Waals surface area contributed by atoms with Gasteiger partial charge in [-0.2, -0.15) is 0 Å². The Morgan fingerprint density at radius 1 is 1.62 bits per heavy atom. The molecule has 0 spiro atoms. The molecule has 0 atom stereocenters. The van der Waals surface area contributed by atoms with Crippen LogP contribution in [0.2, 0.25) is 0 Å². The number of rotatable bonds is 1. The van der Waals surface area contributed by atoms with E-state index in [4.69, 9.17) is 5.73 Å². The van der Waals surface area contributed by atoms with Crippen molar-refractivity contribution in [3.05, 3.63) is 35.0 Å². The van der Waals surface area contributed by atoms with Crippen molar-refractivity contribution < 1.29 is 4.98 Å². The van der Waals surface area contributed by atoms with Crippen LogP contribution in [0, 0.1) is 0 Å². The molecule has 1 heterocycles. The van der Waals surface area contributed by atoms with E-state index in [0.717, 1.165) is 21.8 Å². The van der Waals surface area contributed by atoms with Crippen molar-refractivity contribution in [2.45, 2.75) is 13.8 Å². The van der Waals surface area contributed by atoms with E-state index < -0.39 is 0 Å². The quantitative estimate of drug-likeness (QED) is 0.652. The predicted molar refractivity (Wildman–Crippen MR) is 56.1 cm³/mol. The van der Waals surface area contributed by atoms with Crippen LogP contribution in [0.15, 0.2) is 24.4 Å². The Labute approximate surface area is 78.1 Å². The molecular formula is C11H15N2+. The van der Waals surface area contributed by atoms with Gasteiger partial charge in [0.1, 0.15) is 0 Å². The number of nitrogen functional groups attached to an aromatic ring is 1. The van der Waals surface area contributed by atoms with Crippen LogP contribution in [-0.4, -0.2) is 0 Å². The first kappa shape index (κ1) is 9.52. The summed E-state index contributed by atoms with van der Waals surface area (Å²) in [7, 11) is 0. The molecule has 0 aliphatic heterocycles. The Hall–Kier alpha value is -1.57. The molecule has 68 valence electrons. The number of H-pyrrole nitrogens is 1. The van der Waals surface area contributed by atoms with Gasteiger partial charge >= 0.3 is 0 Å². The van der Waals surface area contributed by atoms with E-state index in [0.29, 0.717) is 0 Å². The van der Waals surface area contributed by atoms with Gasteiger partial charge in [-0.15, -0.1) is 0 Å². The highest BCUT2D eigenvalue weighted by Crippen LogP contribution is 1.86. The summed E-state index contributed by atoms with van der Waals surface area (Å²) in [5.41, 5.74) is 7.60. The van der Waals surface area contributed by atoms with Crippen LogP contribution in [0.25, 0.3) is 12.2 Å². The fraction of sp³-hybridized carbons (Fsp3) is 0.182. The van der Waals surface area contributed by atoms with Crippen molar-refractivity contribution in [1.29, 1.82) is 0 Å². The SMILES string of the molecule is C=C(C)C=c1[nH+]ccc(N)c1=CC. The molecular weight excluding hydrogens is 160 g/mol. The minimum absolute atomic E-state index is 0.786. The van der Waals surface area contributed by atoms with Gasteiger partial charge in [0.15, 0.2) is 6.20 Å². The Morgan fingerprint density at radius 2 is 2.31 bits per heavy atom. The number of hydrogen-bond donors (Lipinski definition) is 1. The van der Waals surface area contributed by atoms with E-state index >= 15 is 0 Å². The number of allylic oxidation sites excluding steroid dienone is 1. The van der Waals surface area contributed by atoms with Crippen LogP contribution in [-0.2, 0) is 0 Å². The molecule has 0 saturated carbocycles. The second-order valence-corrected chi connectivity index (χ2v) is 3.04. The summed E-state index contributed by atoms with van der Waals surface area (Å²) in [4.78, 5) is 3.13. The molecule has 0 saturated heterocycles. The normalized spacial score (nSPS) is 13.4. The highest BCUT2D eigenvalue weighted by Gasteiger charge is 1.95. The first-order chi connectivity index (χ1) is 6.15. The van der Waals surface area contributed by atoms with Gasteiger partial charge in [0, 0.05) is 12.1 Å². The summed E-state index contributed by atoms with van der Waals surface area (Å²) in [5, 5.41) is 2.04. The third kappa shape index (κ3) is 2.18. The smallest absolute Gasteiger partial charge is 0.212 e. The lowest BCUT2D eigenvalue weighted by atomic mass is 10.2. The molecule has 3 N–H and O–H groups in total.